The van der Waals surface area contributed by atoms with Gasteiger partial charge in [0.15, 0.2) is 0 Å². The quantitative estimate of drug-likeness (QED) is 0.235. The van der Waals surface area contributed by atoms with E-state index in [0.29, 0.717) is 41.0 Å². The average molecular weight is 505 g/mol. The summed E-state index contributed by atoms with van der Waals surface area (Å²) in [5.41, 5.74) is 2.22. The van der Waals surface area contributed by atoms with Crippen LogP contribution < -0.4 is 19.7 Å². The molecule has 0 bridgehead atoms. The molecule has 1 aliphatic heterocycles. The zero-order valence-electron chi connectivity index (χ0n) is 20.1. The molecule has 4 rings (SSSR count). The Morgan fingerprint density at radius 2 is 1.64 bits per heavy atom. The first-order valence-electron chi connectivity index (χ1n) is 11.5. The summed E-state index contributed by atoms with van der Waals surface area (Å²) >= 11 is 6.21. The Bertz CT molecular complexity index is 1330. The summed E-state index contributed by atoms with van der Waals surface area (Å²) in [6.07, 6.45) is 0. The fourth-order valence-electron chi connectivity index (χ4n) is 3.64. The Morgan fingerprint density at radius 1 is 0.944 bits per heavy atom. The van der Waals surface area contributed by atoms with Crippen molar-refractivity contribution in [3.63, 3.8) is 0 Å². The van der Waals surface area contributed by atoms with Crippen LogP contribution in [0.1, 0.15) is 42.6 Å². The van der Waals surface area contributed by atoms with Crippen molar-refractivity contribution in [1.29, 1.82) is 0 Å². The highest BCUT2D eigenvalue weighted by Gasteiger charge is 2.39. The first-order chi connectivity index (χ1) is 17.3. The molecule has 0 atom stereocenters. The lowest BCUT2D eigenvalue weighted by atomic mass is 10.0. The molecule has 2 amide bonds. The maximum atomic E-state index is 13.0. The minimum absolute atomic E-state index is 0.0450. The van der Waals surface area contributed by atoms with Gasteiger partial charge in [0.05, 0.1) is 17.9 Å². The number of halogens is 1. The summed E-state index contributed by atoms with van der Waals surface area (Å²) in [6.45, 7) is 6.50. The van der Waals surface area contributed by atoms with Gasteiger partial charge in [0.25, 0.3) is 11.8 Å². The zero-order valence-corrected chi connectivity index (χ0v) is 20.8. The molecule has 8 heteroatoms. The number of carbonyl (C=O) groups is 3. The second-order valence-electron chi connectivity index (χ2n) is 8.38. The molecule has 0 fully saturated rings. The van der Waals surface area contributed by atoms with Gasteiger partial charge in [-0.1, -0.05) is 37.6 Å². The van der Waals surface area contributed by atoms with Crippen molar-refractivity contribution in [1.82, 2.24) is 0 Å². The topological polar surface area (TPSA) is 84.9 Å². The van der Waals surface area contributed by atoms with E-state index in [1.807, 2.05) is 25.1 Å². The van der Waals surface area contributed by atoms with Crippen LogP contribution in [0.4, 0.5) is 11.4 Å². The third kappa shape index (κ3) is 5.26. The SMILES string of the molecule is CCOc1ccc(N2C(=O)C(Cl)=C(Nc3ccc(C(=O)Oc4cccc(C(C)C)c4)cc3)C2=O)cc1. The molecular formula is C28H25ClN2O5. The molecule has 36 heavy (non-hydrogen) atoms. The predicted molar refractivity (Wildman–Crippen MR) is 139 cm³/mol. The lowest BCUT2D eigenvalue weighted by Gasteiger charge is -2.15. The van der Waals surface area contributed by atoms with Gasteiger partial charge in [0.2, 0.25) is 0 Å². The van der Waals surface area contributed by atoms with E-state index in [-0.39, 0.29) is 10.7 Å². The summed E-state index contributed by atoms with van der Waals surface area (Å²) < 4.78 is 10.9. The maximum absolute atomic E-state index is 13.0. The monoisotopic (exact) mass is 504 g/mol. The number of anilines is 2. The van der Waals surface area contributed by atoms with Crippen molar-refractivity contribution in [3.8, 4) is 11.5 Å². The Labute approximate surface area is 214 Å². The van der Waals surface area contributed by atoms with E-state index in [9.17, 15) is 14.4 Å². The molecule has 1 aliphatic rings. The minimum Gasteiger partial charge on any atom is -0.494 e. The fraction of sp³-hybridized carbons (Fsp3) is 0.179. The van der Waals surface area contributed by atoms with Gasteiger partial charge in [0, 0.05) is 5.69 Å². The molecule has 3 aromatic rings. The van der Waals surface area contributed by atoms with Crippen LogP contribution in [-0.2, 0) is 9.59 Å². The highest BCUT2D eigenvalue weighted by atomic mass is 35.5. The lowest BCUT2D eigenvalue weighted by molar-refractivity contribution is -0.120. The molecule has 0 saturated heterocycles. The smallest absolute Gasteiger partial charge is 0.343 e. The molecular weight excluding hydrogens is 480 g/mol. The van der Waals surface area contributed by atoms with E-state index in [2.05, 4.69) is 19.2 Å². The van der Waals surface area contributed by atoms with Crippen molar-refractivity contribution in [2.45, 2.75) is 26.7 Å². The molecule has 0 spiro atoms. The van der Waals surface area contributed by atoms with E-state index in [1.165, 1.54) is 0 Å². The van der Waals surface area contributed by atoms with Crippen molar-refractivity contribution in [2.24, 2.45) is 0 Å². The van der Waals surface area contributed by atoms with Gasteiger partial charge in [-0.25, -0.2) is 9.69 Å². The van der Waals surface area contributed by atoms with E-state index in [0.717, 1.165) is 10.5 Å². The van der Waals surface area contributed by atoms with Crippen molar-refractivity contribution >= 4 is 40.8 Å². The number of amides is 2. The van der Waals surface area contributed by atoms with Gasteiger partial charge >= 0.3 is 5.97 Å². The molecule has 184 valence electrons. The van der Waals surface area contributed by atoms with Gasteiger partial charge in [-0.05, 0) is 79.1 Å². The van der Waals surface area contributed by atoms with Crippen molar-refractivity contribution < 1.29 is 23.9 Å². The Morgan fingerprint density at radius 3 is 2.28 bits per heavy atom. The second-order valence-corrected chi connectivity index (χ2v) is 8.76. The highest BCUT2D eigenvalue weighted by Crippen LogP contribution is 2.31. The number of carbonyl (C=O) groups excluding carboxylic acids is 3. The lowest BCUT2D eigenvalue weighted by Crippen LogP contribution is -2.32. The maximum Gasteiger partial charge on any atom is 0.343 e. The van der Waals surface area contributed by atoms with Crippen LogP contribution in [0.3, 0.4) is 0 Å². The summed E-state index contributed by atoms with van der Waals surface area (Å²) in [5, 5.41) is 2.68. The minimum atomic E-state index is -0.628. The van der Waals surface area contributed by atoms with Crippen LogP contribution in [0.25, 0.3) is 0 Å². The average Bonchev–Trinajstić information content (AvgIpc) is 3.08. The molecule has 0 aromatic heterocycles. The number of nitrogens with zero attached hydrogens (tertiary/aromatic N) is 1. The zero-order chi connectivity index (χ0) is 25.8. The summed E-state index contributed by atoms with van der Waals surface area (Å²) in [5.74, 6) is -0.308. The van der Waals surface area contributed by atoms with E-state index < -0.39 is 17.8 Å². The van der Waals surface area contributed by atoms with Gasteiger partial charge in [0.1, 0.15) is 22.2 Å². The van der Waals surface area contributed by atoms with E-state index in [1.54, 1.807) is 54.6 Å². The molecule has 1 heterocycles. The first-order valence-corrected chi connectivity index (χ1v) is 11.9. The number of benzene rings is 3. The second kappa shape index (κ2) is 10.7. The molecule has 0 saturated carbocycles. The number of rotatable bonds is 8. The molecule has 0 unspecified atom stereocenters. The molecule has 0 radical (unpaired) electrons. The van der Waals surface area contributed by atoms with Crippen LogP contribution in [0.15, 0.2) is 83.5 Å². The Balaban J connectivity index is 1.45. The van der Waals surface area contributed by atoms with Crippen LogP contribution in [-0.4, -0.2) is 24.4 Å². The molecule has 7 nitrogen and oxygen atoms in total. The number of hydrogen-bond acceptors (Lipinski definition) is 6. The van der Waals surface area contributed by atoms with E-state index in [4.69, 9.17) is 21.1 Å². The summed E-state index contributed by atoms with van der Waals surface area (Å²) in [6, 6.07) is 20.3. The summed E-state index contributed by atoms with van der Waals surface area (Å²) in [7, 11) is 0. The van der Waals surface area contributed by atoms with Crippen molar-refractivity contribution in [3.05, 3.63) is 94.7 Å². The largest absolute Gasteiger partial charge is 0.494 e. The first kappa shape index (κ1) is 25.0. The van der Waals surface area contributed by atoms with E-state index >= 15 is 0 Å². The Kier molecular flexibility index (Phi) is 7.41. The third-order valence-electron chi connectivity index (χ3n) is 5.56. The number of hydrogen-bond donors (Lipinski definition) is 1. The standard InChI is InChI=1S/C28H25ClN2O5/c1-4-35-22-14-12-21(13-15-22)31-26(32)24(29)25(27(31)33)30-20-10-8-18(9-11-20)28(34)36-23-7-5-6-19(16-23)17(2)3/h5-17,30H,4H2,1-3H3. The van der Waals surface area contributed by atoms with Gasteiger partial charge in [-0.2, -0.15) is 0 Å². The predicted octanol–water partition coefficient (Wildman–Crippen LogP) is 5.86. The molecule has 1 N–H and O–H groups in total. The highest BCUT2D eigenvalue weighted by molar-refractivity contribution is 6.53. The van der Waals surface area contributed by atoms with Gasteiger partial charge in [-0.15, -0.1) is 0 Å². The normalized spacial score (nSPS) is 13.4. The van der Waals surface area contributed by atoms with Crippen LogP contribution in [0.5, 0.6) is 11.5 Å². The van der Waals surface area contributed by atoms with Crippen LogP contribution in [0.2, 0.25) is 0 Å². The number of nitrogens with one attached hydrogen (secondary N) is 1. The number of imide groups is 1. The van der Waals surface area contributed by atoms with Gasteiger partial charge < -0.3 is 14.8 Å². The third-order valence-corrected chi connectivity index (χ3v) is 5.91. The van der Waals surface area contributed by atoms with Crippen molar-refractivity contribution in [2.75, 3.05) is 16.8 Å². The molecule has 0 aliphatic carbocycles. The van der Waals surface area contributed by atoms with Crippen LogP contribution >= 0.6 is 11.6 Å². The van der Waals surface area contributed by atoms with Gasteiger partial charge in [-0.3, -0.25) is 9.59 Å². The summed E-state index contributed by atoms with van der Waals surface area (Å²) in [4.78, 5) is 39.3. The molecule has 3 aromatic carbocycles. The van der Waals surface area contributed by atoms with Crippen LogP contribution in [0, 0.1) is 0 Å². The Hall–Kier alpha value is -4.10. The number of ether oxygens (including phenoxy) is 2. The fourth-order valence-corrected chi connectivity index (χ4v) is 3.85. The number of esters is 1.